The number of hydrogen-bond donors (Lipinski definition) is 0. The third-order valence-electron chi connectivity index (χ3n) is 6.60. The number of carbonyl (C=O) groups excluding carboxylic acids is 2. The highest BCUT2D eigenvalue weighted by molar-refractivity contribution is 7.12. The van der Waals surface area contributed by atoms with E-state index in [0.29, 0.717) is 24.0 Å². The van der Waals surface area contributed by atoms with Gasteiger partial charge in [0.1, 0.15) is 0 Å². The molecule has 0 atom stereocenters. The van der Waals surface area contributed by atoms with Crippen LogP contribution in [0.5, 0.6) is 0 Å². The number of thiophene rings is 1. The van der Waals surface area contributed by atoms with Crippen molar-refractivity contribution in [1.29, 1.82) is 0 Å². The van der Waals surface area contributed by atoms with Crippen molar-refractivity contribution in [1.82, 2.24) is 0 Å². The summed E-state index contributed by atoms with van der Waals surface area (Å²) < 4.78 is 43.5. The second-order valence-corrected chi connectivity index (χ2v) is 10.3. The summed E-state index contributed by atoms with van der Waals surface area (Å²) in [6.07, 6.45) is -1.81. The lowest BCUT2D eigenvalue weighted by Gasteiger charge is -2.16. The molecule has 3 nitrogen and oxygen atoms in total. The fourth-order valence-electron chi connectivity index (χ4n) is 4.52. The molecule has 1 saturated carbocycles. The van der Waals surface area contributed by atoms with Gasteiger partial charge in [-0.25, -0.2) is 4.79 Å². The van der Waals surface area contributed by atoms with Gasteiger partial charge in [-0.15, -0.1) is 11.3 Å². The molecule has 0 saturated heterocycles. The molecule has 3 aromatic rings. The number of rotatable bonds is 7. The van der Waals surface area contributed by atoms with Crippen LogP contribution >= 0.6 is 11.3 Å². The van der Waals surface area contributed by atoms with Crippen molar-refractivity contribution in [2.24, 2.45) is 0 Å². The molecule has 178 valence electrons. The first-order valence-corrected chi connectivity index (χ1v) is 11.8. The van der Waals surface area contributed by atoms with E-state index in [9.17, 15) is 22.8 Å². The van der Waals surface area contributed by atoms with Gasteiger partial charge in [-0.3, -0.25) is 4.79 Å². The molecular weight excluding hydrogens is 461 g/mol. The van der Waals surface area contributed by atoms with Crippen molar-refractivity contribution in [3.63, 3.8) is 0 Å². The number of ether oxygens (including phenoxy) is 1. The number of Topliss-reactive ketones (excluding diaryl/α,β-unsaturated/α-hetero) is 1. The van der Waals surface area contributed by atoms with Gasteiger partial charge >= 0.3 is 12.1 Å². The topological polar surface area (TPSA) is 43.4 Å². The van der Waals surface area contributed by atoms with Crippen molar-refractivity contribution in [3.8, 4) is 0 Å². The van der Waals surface area contributed by atoms with Gasteiger partial charge in [0.25, 0.3) is 0 Å². The van der Waals surface area contributed by atoms with E-state index in [0.717, 1.165) is 51.4 Å². The van der Waals surface area contributed by atoms with Crippen LogP contribution in [0, 0.1) is 13.8 Å². The quantitative estimate of drug-likeness (QED) is 0.265. The maximum Gasteiger partial charge on any atom is 0.416 e. The van der Waals surface area contributed by atoms with E-state index in [1.807, 2.05) is 26.0 Å². The molecule has 0 bridgehead atoms. The Morgan fingerprint density at radius 1 is 0.971 bits per heavy atom. The van der Waals surface area contributed by atoms with E-state index >= 15 is 0 Å². The highest BCUT2D eigenvalue weighted by atomic mass is 32.1. The number of esters is 1. The van der Waals surface area contributed by atoms with Crippen LogP contribution in [-0.4, -0.2) is 18.9 Å². The van der Waals surface area contributed by atoms with Crippen LogP contribution in [0.4, 0.5) is 13.2 Å². The summed E-state index contributed by atoms with van der Waals surface area (Å²) in [5.74, 6) is -0.344. The Morgan fingerprint density at radius 3 is 2.12 bits per heavy atom. The summed E-state index contributed by atoms with van der Waals surface area (Å²) in [4.78, 5) is 27.2. The van der Waals surface area contributed by atoms with Crippen LogP contribution < -0.4 is 0 Å². The molecule has 1 heterocycles. The van der Waals surface area contributed by atoms with Crippen LogP contribution in [0.2, 0.25) is 0 Å². The number of methoxy groups -OCH3 is 1. The zero-order valence-corrected chi connectivity index (χ0v) is 20.0. The molecule has 0 amide bonds. The molecule has 0 spiro atoms. The van der Waals surface area contributed by atoms with Gasteiger partial charge in [0, 0.05) is 27.2 Å². The molecule has 1 fully saturated rings. The maximum absolute atomic E-state index is 13.5. The van der Waals surface area contributed by atoms with Gasteiger partial charge < -0.3 is 4.74 Å². The van der Waals surface area contributed by atoms with Crippen molar-refractivity contribution in [2.45, 2.75) is 51.1 Å². The number of benzene rings is 2. The predicted molar refractivity (Wildman–Crippen MR) is 126 cm³/mol. The van der Waals surface area contributed by atoms with Gasteiger partial charge in [0.2, 0.25) is 0 Å². The van der Waals surface area contributed by atoms with Gasteiger partial charge in [0.05, 0.1) is 18.2 Å². The number of aryl methyl sites for hydroxylation is 2. The molecule has 1 aliphatic carbocycles. The van der Waals surface area contributed by atoms with Crippen LogP contribution in [0.3, 0.4) is 0 Å². The molecule has 4 rings (SSSR count). The predicted octanol–water partition coefficient (Wildman–Crippen LogP) is 7.07. The maximum atomic E-state index is 13.5. The molecule has 1 aliphatic rings. The van der Waals surface area contributed by atoms with Crippen LogP contribution in [0.25, 0.3) is 0 Å². The first-order valence-electron chi connectivity index (χ1n) is 11.0. The van der Waals surface area contributed by atoms with E-state index in [1.165, 1.54) is 19.2 Å². The van der Waals surface area contributed by atoms with E-state index in [2.05, 4.69) is 0 Å². The first-order chi connectivity index (χ1) is 16.0. The van der Waals surface area contributed by atoms with E-state index in [4.69, 9.17) is 4.74 Å². The fraction of sp³-hybridized carbons (Fsp3) is 0.333. The second-order valence-electron chi connectivity index (χ2n) is 8.89. The average molecular weight is 487 g/mol. The largest absolute Gasteiger partial charge is 0.465 e. The minimum atomic E-state index is -4.37. The lowest BCUT2D eigenvalue weighted by molar-refractivity contribution is -0.137. The normalized spacial score (nSPS) is 14.6. The van der Waals surface area contributed by atoms with E-state index < -0.39 is 17.7 Å². The van der Waals surface area contributed by atoms with E-state index in [-0.39, 0.29) is 11.2 Å². The van der Waals surface area contributed by atoms with Crippen molar-refractivity contribution >= 4 is 23.1 Å². The molecule has 0 unspecified atom stereocenters. The van der Waals surface area contributed by atoms with Crippen LogP contribution in [0.1, 0.15) is 72.0 Å². The minimum Gasteiger partial charge on any atom is -0.465 e. The molecule has 2 aromatic carbocycles. The summed E-state index contributed by atoms with van der Waals surface area (Å²) >= 11 is 1.55. The molecule has 1 aromatic heterocycles. The smallest absolute Gasteiger partial charge is 0.416 e. The molecule has 0 radical (unpaired) electrons. The van der Waals surface area contributed by atoms with Crippen LogP contribution in [-0.2, 0) is 22.7 Å². The van der Waals surface area contributed by atoms with Gasteiger partial charge in [-0.1, -0.05) is 24.3 Å². The fourth-order valence-corrected chi connectivity index (χ4v) is 5.61. The lowest BCUT2D eigenvalue weighted by Crippen LogP contribution is -2.16. The molecule has 34 heavy (non-hydrogen) atoms. The number of hydrogen-bond acceptors (Lipinski definition) is 4. The summed E-state index contributed by atoms with van der Waals surface area (Å²) in [7, 11) is 1.34. The third kappa shape index (κ3) is 4.80. The Labute approximate surface area is 200 Å². The highest BCUT2D eigenvalue weighted by Crippen LogP contribution is 2.52. The number of ketones is 1. The molecular formula is C27H25F3O3S. The SMILES string of the molecule is COC(=O)c1ccc(C2(CC(=O)c3c(C)sc(C)c3Cc3ccc(C(F)(F)F)cc3)CC2)cc1. The minimum absolute atomic E-state index is 0.0540. The Bertz CT molecular complexity index is 1220. The monoisotopic (exact) mass is 486 g/mol. The first kappa shape index (κ1) is 24.2. The Balaban J connectivity index is 1.56. The van der Waals surface area contributed by atoms with Gasteiger partial charge in [-0.2, -0.15) is 13.2 Å². The Kier molecular flexibility index (Phi) is 6.42. The zero-order chi connectivity index (χ0) is 24.7. The van der Waals surface area contributed by atoms with E-state index in [1.54, 1.807) is 23.5 Å². The van der Waals surface area contributed by atoms with Gasteiger partial charge in [-0.05, 0) is 74.1 Å². The number of alkyl halides is 3. The lowest BCUT2D eigenvalue weighted by atomic mass is 9.86. The molecule has 0 N–H and O–H groups in total. The molecule has 7 heteroatoms. The summed E-state index contributed by atoms with van der Waals surface area (Å²) in [6.45, 7) is 3.87. The second kappa shape index (κ2) is 9.02. The Morgan fingerprint density at radius 2 is 1.59 bits per heavy atom. The molecule has 0 aliphatic heterocycles. The number of halogens is 3. The summed E-state index contributed by atoms with van der Waals surface area (Å²) in [5.41, 5.74) is 2.91. The van der Waals surface area contributed by atoms with Crippen LogP contribution in [0.15, 0.2) is 48.5 Å². The number of carbonyl (C=O) groups is 2. The van der Waals surface area contributed by atoms with Crippen molar-refractivity contribution in [3.05, 3.63) is 91.7 Å². The highest BCUT2D eigenvalue weighted by Gasteiger charge is 2.46. The van der Waals surface area contributed by atoms with Crippen molar-refractivity contribution in [2.75, 3.05) is 7.11 Å². The standard InChI is InChI=1S/C27H25F3O3S/c1-16-22(14-18-4-8-21(9-5-18)27(28,29)30)24(17(2)34-16)23(31)15-26(12-13-26)20-10-6-19(7-11-20)25(32)33-3/h4-11H,12-15H2,1-3H3. The summed E-state index contributed by atoms with van der Waals surface area (Å²) in [5, 5.41) is 0. The van der Waals surface area contributed by atoms with Gasteiger partial charge in [0.15, 0.2) is 5.78 Å². The zero-order valence-electron chi connectivity index (χ0n) is 19.2. The third-order valence-corrected chi connectivity index (χ3v) is 7.66. The summed E-state index contributed by atoms with van der Waals surface area (Å²) in [6, 6.07) is 12.4. The Hall–Kier alpha value is -2.93. The average Bonchev–Trinajstić information content (AvgIpc) is 3.52. The van der Waals surface area contributed by atoms with Crippen molar-refractivity contribution < 1.29 is 27.5 Å².